The SMILES string of the molecule is CCN(Cc1cccs1)c1nccc(C#N)c1Cl. The smallest absolute Gasteiger partial charge is 0.149 e. The molecule has 0 aliphatic heterocycles. The molecular weight excluding hydrogens is 266 g/mol. The normalized spacial score (nSPS) is 10.1. The van der Waals surface area contributed by atoms with E-state index in [0.29, 0.717) is 16.4 Å². The quantitative estimate of drug-likeness (QED) is 0.856. The molecule has 0 atom stereocenters. The van der Waals surface area contributed by atoms with Gasteiger partial charge in [0.05, 0.1) is 12.1 Å². The van der Waals surface area contributed by atoms with Crippen LogP contribution in [0.4, 0.5) is 5.82 Å². The first-order valence-electron chi connectivity index (χ1n) is 5.58. The molecule has 0 spiro atoms. The topological polar surface area (TPSA) is 39.9 Å². The van der Waals surface area contributed by atoms with Crippen molar-refractivity contribution in [3.63, 3.8) is 0 Å². The zero-order valence-corrected chi connectivity index (χ0v) is 11.5. The number of nitrogens with zero attached hydrogens (tertiary/aromatic N) is 3. The van der Waals surface area contributed by atoms with Crippen molar-refractivity contribution < 1.29 is 0 Å². The molecule has 0 unspecified atom stereocenters. The van der Waals surface area contributed by atoms with E-state index in [1.165, 1.54) is 4.88 Å². The molecule has 5 heteroatoms. The number of hydrogen-bond donors (Lipinski definition) is 0. The van der Waals surface area contributed by atoms with Crippen molar-refractivity contribution >= 4 is 28.8 Å². The Morgan fingerprint density at radius 1 is 1.50 bits per heavy atom. The van der Waals surface area contributed by atoms with Crippen molar-refractivity contribution in [3.8, 4) is 6.07 Å². The number of thiophene rings is 1. The maximum absolute atomic E-state index is 8.98. The predicted molar refractivity (Wildman–Crippen MR) is 75.0 cm³/mol. The van der Waals surface area contributed by atoms with Crippen LogP contribution in [0.25, 0.3) is 0 Å². The minimum Gasteiger partial charge on any atom is -0.350 e. The molecular formula is C13H12ClN3S. The third kappa shape index (κ3) is 2.63. The molecule has 0 fully saturated rings. The number of hydrogen-bond acceptors (Lipinski definition) is 4. The third-order valence-electron chi connectivity index (χ3n) is 2.60. The summed E-state index contributed by atoms with van der Waals surface area (Å²) in [6, 6.07) is 7.81. The van der Waals surface area contributed by atoms with E-state index in [1.54, 1.807) is 23.6 Å². The summed E-state index contributed by atoms with van der Waals surface area (Å²) in [6.07, 6.45) is 1.62. The molecule has 2 aromatic rings. The summed E-state index contributed by atoms with van der Waals surface area (Å²) in [4.78, 5) is 7.60. The van der Waals surface area contributed by atoms with Gasteiger partial charge in [0.15, 0.2) is 0 Å². The van der Waals surface area contributed by atoms with Gasteiger partial charge >= 0.3 is 0 Å². The van der Waals surface area contributed by atoms with Gasteiger partial charge < -0.3 is 4.90 Å². The average Bonchev–Trinajstić information content (AvgIpc) is 2.89. The van der Waals surface area contributed by atoms with Gasteiger partial charge in [0.2, 0.25) is 0 Å². The molecule has 3 nitrogen and oxygen atoms in total. The van der Waals surface area contributed by atoms with Gasteiger partial charge in [-0.2, -0.15) is 5.26 Å². The van der Waals surface area contributed by atoms with Gasteiger partial charge in [0.1, 0.15) is 16.9 Å². The summed E-state index contributed by atoms with van der Waals surface area (Å²) in [7, 11) is 0. The van der Waals surface area contributed by atoms with Crippen molar-refractivity contribution in [2.45, 2.75) is 13.5 Å². The van der Waals surface area contributed by atoms with Gasteiger partial charge in [-0.3, -0.25) is 0 Å². The van der Waals surface area contributed by atoms with E-state index in [2.05, 4.69) is 22.0 Å². The molecule has 0 saturated heterocycles. The Hall–Kier alpha value is -1.57. The highest BCUT2D eigenvalue weighted by Gasteiger charge is 2.14. The van der Waals surface area contributed by atoms with Crippen molar-refractivity contribution in [3.05, 3.63) is 45.2 Å². The highest BCUT2D eigenvalue weighted by molar-refractivity contribution is 7.09. The van der Waals surface area contributed by atoms with Crippen LogP contribution in [-0.4, -0.2) is 11.5 Å². The van der Waals surface area contributed by atoms with Crippen molar-refractivity contribution in [1.82, 2.24) is 4.98 Å². The summed E-state index contributed by atoms with van der Waals surface area (Å²) in [5.41, 5.74) is 0.464. The van der Waals surface area contributed by atoms with E-state index in [1.807, 2.05) is 18.4 Å². The monoisotopic (exact) mass is 277 g/mol. The van der Waals surface area contributed by atoms with Crippen LogP contribution in [0.15, 0.2) is 29.8 Å². The highest BCUT2D eigenvalue weighted by atomic mass is 35.5. The Morgan fingerprint density at radius 3 is 2.94 bits per heavy atom. The molecule has 0 saturated carbocycles. The zero-order chi connectivity index (χ0) is 13.0. The first-order chi connectivity index (χ1) is 8.76. The van der Waals surface area contributed by atoms with Gasteiger partial charge in [-0.25, -0.2) is 4.98 Å². The maximum Gasteiger partial charge on any atom is 0.149 e. The molecule has 2 heterocycles. The van der Waals surface area contributed by atoms with Crippen LogP contribution in [0, 0.1) is 11.3 Å². The molecule has 0 aromatic carbocycles. The van der Waals surface area contributed by atoms with Crippen LogP contribution in [0.5, 0.6) is 0 Å². The maximum atomic E-state index is 8.98. The summed E-state index contributed by atoms with van der Waals surface area (Å²) >= 11 is 7.90. The number of anilines is 1. The molecule has 0 bridgehead atoms. The Labute approximate surface area is 115 Å². The van der Waals surface area contributed by atoms with Crippen LogP contribution >= 0.6 is 22.9 Å². The molecule has 2 aromatic heterocycles. The lowest BCUT2D eigenvalue weighted by molar-refractivity contribution is 0.823. The Kier molecular flexibility index (Phi) is 4.19. The zero-order valence-electron chi connectivity index (χ0n) is 9.93. The molecule has 0 radical (unpaired) electrons. The minimum atomic E-state index is 0.429. The number of rotatable bonds is 4. The van der Waals surface area contributed by atoms with Crippen LogP contribution in [0.1, 0.15) is 17.4 Å². The Balaban J connectivity index is 2.31. The van der Waals surface area contributed by atoms with Crippen LogP contribution in [-0.2, 0) is 6.54 Å². The molecule has 0 amide bonds. The fraction of sp³-hybridized carbons (Fsp3) is 0.231. The van der Waals surface area contributed by atoms with Crippen molar-refractivity contribution in [2.24, 2.45) is 0 Å². The Bertz CT molecular complexity index is 560. The van der Waals surface area contributed by atoms with E-state index < -0.39 is 0 Å². The van der Waals surface area contributed by atoms with Crippen molar-refractivity contribution in [2.75, 3.05) is 11.4 Å². The summed E-state index contributed by atoms with van der Waals surface area (Å²) in [5.74, 6) is 0.673. The highest BCUT2D eigenvalue weighted by Crippen LogP contribution is 2.28. The van der Waals surface area contributed by atoms with E-state index >= 15 is 0 Å². The molecule has 2 rings (SSSR count). The minimum absolute atomic E-state index is 0.429. The second kappa shape index (κ2) is 5.85. The lowest BCUT2D eigenvalue weighted by Gasteiger charge is -2.22. The number of pyridine rings is 1. The van der Waals surface area contributed by atoms with Gasteiger partial charge in [-0.1, -0.05) is 17.7 Å². The fourth-order valence-electron chi connectivity index (χ4n) is 1.67. The van der Waals surface area contributed by atoms with E-state index in [9.17, 15) is 0 Å². The van der Waals surface area contributed by atoms with E-state index in [0.717, 1.165) is 13.1 Å². The fourth-order valence-corrected chi connectivity index (χ4v) is 2.66. The summed E-state index contributed by atoms with van der Waals surface area (Å²) < 4.78 is 0. The standard InChI is InChI=1S/C13H12ClN3S/c1-2-17(9-11-4-3-7-18-11)13-12(14)10(8-15)5-6-16-13/h3-7H,2,9H2,1H3. The van der Waals surface area contributed by atoms with Crippen molar-refractivity contribution in [1.29, 1.82) is 5.26 Å². The first kappa shape index (κ1) is 12.9. The second-order valence-electron chi connectivity index (χ2n) is 3.70. The largest absolute Gasteiger partial charge is 0.350 e. The lowest BCUT2D eigenvalue weighted by atomic mass is 10.2. The van der Waals surface area contributed by atoms with Gasteiger partial charge in [0.25, 0.3) is 0 Å². The molecule has 0 aliphatic rings. The Morgan fingerprint density at radius 2 is 2.33 bits per heavy atom. The number of aromatic nitrogens is 1. The molecule has 92 valence electrons. The van der Waals surface area contributed by atoms with Gasteiger partial charge in [0, 0.05) is 17.6 Å². The summed E-state index contributed by atoms with van der Waals surface area (Å²) in [6.45, 7) is 3.60. The van der Waals surface area contributed by atoms with E-state index in [-0.39, 0.29) is 0 Å². The average molecular weight is 278 g/mol. The van der Waals surface area contributed by atoms with Gasteiger partial charge in [-0.15, -0.1) is 11.3 Å². The van der Waals surface area contributed by atoms with Crippen LogP contribution in [0.2, 0.25) is 5.02 Å². The van der Waals surface area contributed by atoms with E-state index in [4.69, 9.17) is 16.9 Å². The first-order valence-corrected chi connectivity index (χ1v) is 6.84. The second-order valence-corrected chi connectivity index (χ2v) is 5.11. The van der Waals surface area contributed by atoms with Crippen LogP contribution < -0.4 is 4.90 Å². The molecule has 0 N–H and O–H groups in total. The number of halogens is 1. The molecule has 0 aliphatic carbocycles. The molecule has 18 heavy (non-hydrogen) atoms. The summed E-state index contributed by atoms with van der Waals surface area (Å²) in [5, 5.41) is 11.4. The number of nitriles is 1. The third-order valence-corrected chi connectivity index (χ3v) is 3.83. The van der Waals surface area contributed by atoms with Gasteiger partial charge in [-0.05, 0) is 24.4 Å². The predicted octanol–water partition coefficient (Wildman–Crippen LogP) is 3.69. The van der Waals surface area contributed by atoms with Crippen LogP contribution in [0.3, 0.4) is 0 Å². The lowest BCUT2D eigenvalue weighted by Crippen LogP contribution is -2.23.